The number of hydrogen-bond acceptors (Lipinski definition) is 8. The van der Waals surface area contributed by atoms with Crippen LogP contribution in [0.3, 0.4) is 0 Å². The summed E-state index contributed by atoms with van der Waals surface area (Å²) in [5, 5.41) is 8.15. The third-order valence-corrected chi connectivity index (χ3v) is 5.95. The average Bonchev–Trinajstić information content (AvgIpc) is 3.58. The van der Waals surface area contributed by atoms with Crippen LogP contribution in [-0.2, 0) is 6.42 Å². The number of piperazine rings is 1. The van der Waals surface area contributed by atoms with Crippen LogP contribution >= 0.6 is 0 Å². The molecule has 0 saturated carbocycles. The second kappa shape index (κ2) is 9.92. The minimum atomic E-state index is 0.00628. The highest BCUT2D eigenvalue weighted by atomic mass is 16.5. The molecule has 5 rings (SSSR count). The number of carbonyl (C=O) groups is 1. The molecule has 1 saturated heterocycles. The van der Waals surface area contributed by atoms with E-state index in [0.717, 1.165) is 38.0 Å². The lowest BCUT2D eigenvalue weighted by atomic mass is 10.1. The molecule has 3 aromatic heterocycles. The number of aromatic nitrogens is 6. The molecule has 4 heterocycles. The third-order valence-electron chi connectivity index (χ3n) is 5.95. The molecule has 0 atom stereocenters. The quantitative estimate of drug-likeness (QED) is 0.416. The van der Waals surface area contributed by atoms with Crippen LogP contribution in [0.4, 0.5) is 0 Å². The zero-order valence-electron chi connectivity index (χ0n) is 19.0. The van der Waals surface area contributed by atoms with Gasteiger partial charge in [0.05, 0.1) is 5.56 Å². The Kier molecular flexibility index (Phi) is 6.39. The van der Waals surface area contributed by atoms with Crippen LogP contribution in [0, 0.1) is 6.92 Å². The van der Waals surface area contributed by atoms with E-state index >= 15 is 0 Å². The first-order valence-electron chi connectivity index (χ1n) is 11.4. The first kappa shape index (κ1) is 21.9. The van der Waals surface area contributed by atoms with E-state index in [0.29, 0.717) is 36.2 Å². The van der Waals surface area contributed by atoms with E-state index < -0.39 is 0 Å². The van der Waals surface area contributed by atoms with Gasteiger partial charge in [-0.05, 0) is 32.0 Å². The van der Waals surface area contributed by atoms with E-state index in [-0.39, 0.29) is 5.91 Å². The number of hydrogen-bond donors (Lipinski definition) is 0. The minimum absolute atomic E-state index is 0.00628. The van der Waals surface area contributed by atoms with Gasteiger partial charge in [-0.25, -0.2) is 14.6 Å². The molecule has 0 spiro atoms. The molecule has 1 aromatic carbocycles. The molecular formula is C24H26N8O2. The molecule has 0 aliphatic carbocycles. The van der Waals surface area contributed by atoms with Crippen molar-refractivity contribution in [2.75, 3.05) is 32.7 Å². The maximum atomic E-state index is 12.8. The van der Waals surface area contributed by atoms with Gasteiger partial charge in [-0.15, -0.1) is 0 Å². The van der Waals surface area contributed by atoms with Gasteiger partial charge in [-0.2, -0.15) is 10.1 Å². The largest absolute Gasteiger partial charge is 0.339 e. The Morgan fingerprint density at radius 2 is 1.88 bits per heavy atom. The van der Waals surface area contributed by atoms with Crippen molar-refractivity contribution >= 4 is 5.91 Å². The maximum absolute atomic E-state index is 12.8. The van der Waals surface area contributed by atoms with Gasteiger partial charge in [0, 0.05) is 44.4 Å². The standard InChI is InChI=1S/C24H26N8O2/c1-18-4-6-19(7-5-18)23-28-22(34-29-23)3-2-10-30-11-13-31(14-12-30)24(33)20-8-9-21(26-15-20)32-17-25-16-27-32/h4-9,15-17H,2-3,10-14H2,1H3. The highest BCUT2D eigenvalue weighted by Crippen LogP contribution is 2.17. The Morgan fingerprint density at radius 1 is 1.06 bits per heavy atom. The lowest BCUT2D eigenvalue weighted by Gasteiger charge is -2.34. The van der Waals surface area contributed by atoms with Crippen LogP contribution in [0.5, 0.6) is 0 Å². The van der Waals surface area contributed by atoms with Gasteiger partial charge in [0.1, 0.15) is 12.7 Å². The molecule has 0 N–H and O–H groups in total. The molecule has 174 valence electrons. The summed E-state index contributed by atoms with van der Waals surface area (Å²) in [7, 11) is 0. The fourth-order valence-electron chi connectivity index (χ4n) is 3.96. The normalized spacial score (nSPS) is 14.4. The van der Waals surface area contributed by atoms with Gasteiger partial charge >= 0.3 is 0 Å². The zero-order valence-corrected chi connectivity index (χ0v) is 19.0. The monoisotopic (exact) mass is 458 g/mol. The van der Waals surface area contributed by atoms with Crippen LogP contribution in [-0.4, -0.2) is 78.3 Å². The predicted octanol–water partition coefficient (Wildman–Crippen LogP) is 2.41. The molecule has 1 aliphatic heterocycles. The van der Waals surface area contributed by atoms with Crippen molar-refractivity contribution in [3.8, 4) is 17.2 Å². The summed E-state index contributed by atoms with van der Waals surface area (Å²) in [6, 6.07) is 11.7. The Morgan fingerprint density at radius 3 is 2.59 bits per heavy atom. The first-order valence-corrected chi connectivity index (χ1v) is 11.4. The Labute approximate surface area is 197 Å². The van der Waals surface area contributed by atoms with Gasteiger partial charge in [-0.3, -0.25) is 9.69 Å². The Hall–Kier alpha value is -3.92. The molecule has 1 amide bonds. The van der Waals surface area contributed by atoms with Crippen molar-refractivity contribution in [1.82, 2.24) is 39.7 Å². The molecule has 10 nitrogen and oxygen atoms in total. The molecular weight excluding hydrogens is 432 g/mol. The molecule has 0 radical (unpaired) electrons. The molecule has 4 aromatic rings. The van der Waals surface area contributed by atoms with Crippen molar-refractivity contribution in [1.29, 1.82) is 0 Å². The van der Waals surface area contributed by atoms with Crippen LogP contribution in [0.25, 0.3) is 17.2 Å². The topological polar surface area (TPSA) is 106 Å². The van der Waals surface area contributed by atoms with Crippen molar-refractivity contribution in [3.05, 3.63) is 72.3 Å². The van der Waals surface area contributed by atoms with E-state index in [1.807, 2.05) is 29.2 Å². The first-order chi connectivity index (χ1) is 16.7. The van der Waals surface area contributed by atoms with Gasteiger partial charge in [0.25, 0.3) is 5.91 Å². The number of rotatable bonds is 7. The predicted molar refractivity (Wildman–Crippen MR) is 124 cm³/mol. The van der Waals surface area contributed by atoms with Crippen LogP contribution in [0.1, 0.15) is 28.2 Å². The fourth-order valence-corrected chi connectivity index (χ4v) is 3.96. The molecule has 0 unspecified atom stereocenters. The highest BCUT2D eigenvalue weighted by molar-refractivity contribution is 5.94. The summed E-state index contributed by atoms with van der Waals surface area (Å²) in [6.45, 7) is 6.06. The van der Waals surface area contributed by atoms with Crippen LogP contribution < -0.4 is 0 Å². The van der Waals surface area contributed by atoms with Gasteiger partial charge in [0.2, 0.25) is 11.7 Å². The summed E-state index contributed by atoms with van der Waals surface area (Å²) in [5.41, 5.74) is 2.75. The van der Waals surface area contributed by atoms with E-state index in [2.05, 4.69) is 37.0 Å². The number of aryl methyl sites for hydroxylation is 2. The summed E-state index contributed by atoms with van der Waals surface area (Å²) in [4.78, 5) is 29.9. The van der Waals surface area contributed by atoms with Crippen molar-refractivity contribution in [2.24, 2.45) is 0 Å². The second-order valence-electron chi connectivity index (χ2n) is 8.36. The number of carbonyl (C=O) groups excluding carboxylic acids is 1. The highest BCUT2D eigenvalue weighted by Gasteiger charge is 2.22. The molecule has 1 fully saturated rings. The SMILES string of the molecule is Cc1ccc(-c2noc(CCCN3CCN(C(=O)c4ccc(-n5cncn5)nc4)CC3)n2)cc1. The van der Waals surface area contributed by atoms with Crippen molar-refractivity contribution < 1.29 is 9.32 Å². The average molecular weight is 459 g/mol. The number of benzene rings is 1. The summed E-state index contributed by atoms with van der Waals surface area (Å²) in [6.07, 6.45) is 6.29. The van der Waals surface area contributed by atoms with Crippen LogP contribution in [0.2, 0.25) is 0 Å². The van der Waals surface area contributed by atoms with E-state index in [1.54, 1.807) is 29.3 Å². The Balaban J connectivity index is 1.07. The number of nitrogens with zero attached hydrogens (tertiary/aromatic N) is 8. The Bertz CT molecular complexity index is 1210. The van der Waals surface area contributed by atoms with E-state index in [4.69, 9.17) is 4.52 Å². The van der Waals surface area contributed by atoms with Gasteiger partial charge < -0.3 is 9.42 Å². The minimum Gasteiger partial charge on any atom is -0.339 e. The summed E-state index contributed by atoms with van der Waals surface area (Å²) in [5.74, 6) is 1.93. The maximum Gasteiger partial charge on any atom is 0.255 e. The smallest absolute Gasteiger partial charge is 0.255 e. The van der Waals surface area contributed by atoms with E-state index in [1.165, 1.54) is 11.9 Å². The van der Waals surface area contributed by atoms with Crippen molar-refractivity contribution in [2.45, 2.75) is 19.8 Å². The van der Waals surface area contributed by atoms with Crippen molar-refractivity contribution in [3.63, 3.8) is 0 Å². The number of pyridine rings is 1. The molecule has 10 heteroatoms. The molecule has 1 aliphatic rings. The fraction of sp³-hybridized carbons (Fsp3) is 0.333. The number of amides is 1. The molecule has 34 heavy (non-hydrogen) atoms. The molecule has 0 bridgehead atoms. The third kappa shape index (κ3) is 5.01. The van der Waals surface area contributed by atoms with Crippen LogP contribution in [0.15, 0.2) is 59.8 Å². The van der Waals surface area contributed by atoms with E-state index in [9.17, 15) is 4.79 Å². The lowest BCUT2D eigenvalue weighted by molar-refractivity contribution is 0.0635. The summed E-state index contributed by atoms with van der Waals surface area (Å²) >= 11 is 0. The summed E-state index contributed by atoms with van der Waals surface area (Å²) < 4.78 is 6.98. The lowest BCUT2D eigenvalue weighted by Crippen LogP contribution is -2.48. The van der Waals surface area contributed by atoms with Gasteiger partial charge in [-0.1, -0.05) is 35.0 Å². The second-order valence-corrected chi connectivity index (χ2v) is 8.36. The van der Waals surface area contributed by atoms with Gasteiger partial charge in [0.15, 0.2) is 5.82 Å². The zero-order chi connectivity index (χ0) is 23.3.